The highest BCUT2D eigenvalue weighted by atomic mass is 16.7. The van der Waals surface area contributed by atoms with Gasteiger partial charge in [-0.3, -0.25) is 4.79 Å². The third-order valence-corrected chi connectivity index (χ3v) is 5.13. The molecule has 3 aromatic carbocycles. The summed E-state index contributed by atoms with van der Waals surface area (Å²) in [4.78, 5) is 12.6. The number of hydrogen-bond donors (Lipinski definition) is 1. The topological polar surface area (TPSA) is 87.5 Å². The van der Waals surface area contributed by atoms with Crippen LogP contribution in [0.15, 0.2) is 60.7 Å². The zero-order valence-electron chi connectivity index (χ0n) is 16.9. The molecule has 8 nitrogen and oxygen atoms in total. The van der Waals surface area contributed by atoms with Gasteiger partial charge in [0.15, 0.2) is 11.5 Å². The van der Waals surface area contributed by atoms with Gasteiger partial charge < -0.3 is 19.5 Å². The number of rotatable bonds is 6. The number of methoxy groups -OCH3 is 1. The minimum Gasteiger partial charge on any atom is -0.497 e. The molecule has 0 bridgehead atoms. The number of nitrogens with zero attached hydrogens (tertiary/aromatic N) is 3. The van der Waals surface area contributed by atoms with Gasteiger partial charge in [0.25, 0.3) is 5.91 Å². The molecule has 0 fully saturated rings. The monoisotopic (exact) mass is 416 g/mol. The Morgan fingerprint density at radius 2 is 1.97 bits per heavy atom. The number of fused-ring (bicyclic) bond motifs is 2. The lowest BCUT2D eigenvalue weighted by atomic mass is 10.1. The average molecular weight is 416 g/mol. The predicted molar refractivity (Wildman–Crippen MR) is 113 cm³/mol. The molecule has 2 heterocycles. The molecule has 5 rings (SSSR count). The Morgan fingerprint density at radius 3 is 2.87 bits per heavy atom. The number of hydrogen-bond acceptors (Lipinski definition) is 6. The maximum absolute atomic E-state index is 12.6. The van der Waals surface area contributed by atoms with Crippen LogP contribution in [0.3, 0.4) is 0 Å². The van der Waals surface area contributed by atoms with Crippen molar-refractivity contribution in [3.05, 3.63) is 77.4 Å². The van der Waals surface area contributed by atoms with Crippen LogP contribution in [0.4, 0.5) is 0 Å². The summed E-state index contributed by atoms with van der Waals surface area (Å²) in [5.41, 5.74) is 4.04. The van der Waals surface area contributed by atoms with Crippen LogP contribution < -0.4 is 19.5 Å². The van der Waals surface area contributed by atoms with Gasteiger partial charge in [0.1, 0.15) is 11.3 Å². The van der Waals surface area contributed by atoms with Crippen LogP contribution in [0.2, 0.25) is 0 Å². The van der Waals surface area contributed by atoms with Crippen LogP contribution in [-0.4, -0.2) is 34.8 Å². The Balaban J connectivity index is 1.29. The van der Waals surface area contributed by atoms with Gasteiger partial charge in [-0.25, -0.2) is 4.68 Å². The zero-order chi connectivity index (χ0) is 21.2. The molecule has 156 valence electrons. The van der Waals surface area contributed by atoms with E-state index in [2.05, 4.69) is 15.6 Å². The molecule has 0 radical (unpaired) electrons. The lowest BCUT2D eigenvalue weighted by Crippen LogP contribution is -2.22. The van der Waals surface area contributed by atoms with Crippen molar-refractivity contribution in [3.63, 3.8) is 0 Å². The van der Waals surface area contributed by atoms with E-state index < -0.39 is 0 Å². The second-order valence-electron chi connectivity index (χ2n) is 7.17. The smallest absolute Gasteiger partial charge is 0.251 e. The SMILES string of the molecule is COc1cccc(Cn2nnc3cc(C(=O)NCc4ccc5c(c4)OCO5)ccc32)c1. The number of amides is 1. The second kappa shape index (κ2) is 7.98. The third kappa shape index (κ3) is 3.87. The zero-order valence-corrected chi connectivity index (χ0v) is 16.9. The maximum atomic E-state index is 12.6. The van der Waals surface area contributed by atoms with Gasteiger partial charge in [0.2, 0.25) is 6.79 Å². The summed E-state index contributed by atoms with van der Waals surface area (Å²) in [5, 5.41) is 11.4. The summed E-state index contributed by atoms with van der Waals surface area (Å²) >= 11 is 0. The summed E-state index contributed by atoms with van der Waals surface area (Å²) in [7, 11) is 1.64. The van der Waals surface area contributed by atoms with Crippen molar-refractivity contribution in [1.29, 1.82) is 0 Å². The van der Waals surface area contributed by atoms with Gasteiger partial charge in [-0.05, 0) is 53.6 Å². The molecule has 1 N–H and O–H groups in total. The van der Waals surface area contributed by atoms with E-state index >= 15 is 0 Å². The summed E-state index contributed by atoms with van der Waals surface area (Å²) in [6.45, 7) is 1.17. The average Bonchev–Trinajstić information content (AvgIpc) is 3.44. The lowest BCUT2D eigenvalue weighted by Gasteiger charge is -2.07. The first-order chi connectivity index (χ1) is 15.2. The van der Waals surface area contributed by atoms with Crippen molar-refractivity contribution in [1.82, 2.24) is 20.3 Å². The first kappa shape index (κ1) is 18.9. The molecule has 0 unspecified atom stereocenters. The Kier molecular flexibility index (Phi) is 4.87. The lowest BCUT2D eigenvalue weighted by molar-refractivity contribution is 0.0951. The molecular weight excluding hydrogens is 396 g/mol. The minimum atomic E-state index is -0.179. The molecule has 0 aliphatic carbocycles. The predicted octanol–water partition coefficient (Wildman–Crippen LogP) is 3.15. The van der Waals surface area contributed by atoms with Gasteiger partial charge >= 0.3 is 0 Å². The summed E-state index contributed by atoms with van der Waals surface area (Å²) < 4.78 is 17.8. The van der Waals surface area contributed by atoms with Gasteiger partial charge in [-0.2, -0.15) is 0 Å². The largest absolute Gasteiger partial charge is 0.497 e. The molecule has 0 saturated heterocycles. The summed E-state index contributed by atoms with van der Waals surface area (Å²) in [6.07, 6.45) is 0. The van der Waals surface area contributed by atoms with E-state index in [0.717, 1.165) is 28.1 Å². The Hall–Kier alpha value is -4.07. The van der Waals surface area contributed by atoms with E-state index in [0.29, 0.717) is 29.9 Å². The molecule has 0 atom stereocenters. The van der Waals surface area contributed by atoms with Crippen LogP contribution >= 0.6 is 0 Å². The fraction of sp³-hybridized carbons (Fsp3) is 0.174. The Morgan fingerprint density at radius 1 is 1.06 bits per heavy atom. The Bertz CT molecular complexity index is 1270. The first-order valence-corrected chi connectivity index (χ1v) is 9.82. The number of nitrogens with one attached hydrogen (secondary N) is 1. The fourth-order valence-electron chi connectivity index (χ4n) is 3.51. The van der Waals surface area contributed by atoms with Crippen molar-refractivity contribution in [2.75, 3.05) is 13.9 Å². The third-order valence-electron chi connectivity index (χ3n) is 5.13. The maximum Gasteiger partial charge on any atom is 0.251 e. The normalized spacial score (nSPS) is 12.2. The van der Waals surface area contributed by atoms with Crippen LogP contribution in [0.25, 0.3) is 11.0 Å². The van der Waals surface area contributed by atoms with Crippen LogP contribution in [0.5, 0.6) is 17.2 Å². The van der Waals surface area contributed by atoms with Crippen molar-refractivity contribution in [2.24, 2.45) is 0 Å². The molecule has 4 aromatic rings. The minimum absolute atomic E-state index is 0.179. The van der Waals surface area contributed by atoms with E-state index in [1.165, 1.54) is 0 Å². The van der Waals surface area contributed by atoms with Gasteiger partial charge in [-0.1, -0.05) is 23.4 Å². The van der Waals surface area contributed by atoms with E-state index in [9.17, 15) is 4.79 Å². The molecule has 1 amide bonds. The summed E-state index contributed by atoms with van der Waals surface area (Å²) in [5.74, 6) is 2.03. The standard InChI is InChI=1S/C23H20N4O4/c1-29-18-4-2-3-16(9-18)13-27-20-7-6-17(11-19(20)25-26-27)23(28)24-12-15-5-8-21-22(10-15)31-14-30-21/h2-11H,12-14H2,1H3,(H,24,28). The van der Waals surface area contributed by atoms with E-state index in [-0.39, 0.29) is 12.7 Å². The number of aromatic nitrogens is 3. The van der Waals surface area contributed by atoms with Gasteiger partial charge in [0.05, 0.1) is 19.2 Å². The second-order valence-corrected chi connectivity index (χ2v) is 7.17. The van der Waals surface area contributed by atoms with Crippen molar-refractivity contribution in [2.45, 2.75) is 13.1 Å². The highest BCUT2D eigenvalue weighted by Gasteiger charge is 2.14. The highest BCUT2D eigenvalue weighted by Crippen LogP contribution is 2.32. The van der Waals surface area contributed by atoms with E-state index in [4.69, 9.17) is 14.2 Å². The molecule has 0 spiro atoms. The molecular formula is C23H20N4O4. The molecule has 31 heavy (non-hydrogen) atoms. The van der Waals surface area contributed by atoms with Crippen molar-refractivity contribution in [3.8, 4) is 17.2 Å². The van der Waals surface area contributed by atoms with Gasteiger partial charge in [-0.15, -0.1) is 5.10 Å². The van der Waals surface area contributed by atoms with Crippen LogP contribution in [-0.2, 0) is 13.1 Å². The van der Waals surface area contributed by atoms with Crippen molar-refractivity contribution >= 4 is 16.9 Å². The first-order valence-electron chi connectivity index (χ1n) is 9.82. The molecule has 1 aliphatic rings. The number of carbonyl (C=O) groups excluding carboxylic acids is 1. The molecule has 1 aromatic heterocycles. The quantitative estimate of drug-likeness (QED) is 0.520. The van der Waals surface area contributed by atoms with Crippen LogP contribution in [0, 0.1) is 0 Å². The van der Waals surface area contributed by atoms with Gasteiger partial charge in [0, 0.05) is 12.1 Å². The number of carbonyl (C=O) groups is 1. The molecule has 0 saturated carbocycles. The summed E-state index contributed by atoms with van der Waals surface area (Å²) in [6, 6.07) is 18.8. The van der Waals surface area contributed by atoms with E-state index in [1.54, 1.807) is 23.9 Å². The fourth-order valence-corrected chi connectivity index (χ4v) is 3.51. The highest BCUT2D eigenvalue weighted by molar-refractivity contribution is 5.97. The molecule has 1 aliphatic heterocycles. The van der Waals surface area contributed by atoms with Crippen molar-refractivity contribution < 1.29 is 19.0 Å². The Labute approximate surface area is 178 Å². The molecule has 8 heteroatoms. The number of benzene rings is 3. The van der Waals surface area contributed by atoms with Crippen LogP contribution in [0.1, 0.15) is 21.5 Å². The van der Waals surface area contributed by atoms with E-state index in [1.807, 2.05) is 48.5 Å². The number of ether oxygens (including phenoxy) is 3.